The van der Waals surface area contributed by atoms with Crippen molar-refractivity contribution in [2.75, 3.05) is 0 Å². The lowest BCUT2D eigenvalue weighted by molar-refractivity contribution is -0.116. The second kappa shape index (κ2) is 5.88. The van der Waals surface area contributed by atoms with Gasteiger partial charge in [-0.25, -0.2) is 0 Å². The van der Waals surface area contributed by atoms with Crippen molar-refractivity contribution >= 4 is 33.6 Å². The van der Waals surface area contributed by atoms with Crippen LogP contribution in [0.1, 0.15) is 11.1 Å². The number of aryl methyl sites for hydroxylation is 1. The number of fused-ring (bicyclic) bond motifs is 1. The second-order valence-electron chi connectivity index (χ2n) is 6.32. The average molecular weight is 361 g/mol. The molecule has 1 heterocycles. The van der Waals surface area contributed by atoms with Crippen LogP contribution in [-0.4, -0.2) is 31.5 Å². The number of carbonyl (C=O) groups excluding carboxylic acids is 2. The molecule has 0 aliphatic heterocycles. The molecule has 0 unspecified atom stereocenters. The number of aromatic hydroxyl groups is 1. The average Bonchev–Trinajstić information content (AvgIpc) is 2.99. The Morgan fingerprint density at radius 3 is 2.07 bits per heavy atom. The Labute approximate surface area is 153 Å². The molecule has 0 saturated carbocycles. The number of hydrogen-bond donors (Lipinski definition) is 3. The molecule has 3 aromatic rings. The van der Waals surface area contributed by atoms with Crippen LogP contribution in [0.4, 0.5) is 0 Å². The lowest BCUT2D eigenvalue weighted by Crippen LogP contribution is -2.22. The Balaban J connectivity index is 1.91. The number of phenolic OH excluding ortho intramolecular Hbond substituents is 1. The zero-order valence-corrected chi connectivity index (χ0v) is 14.3. The number of Topliss-reactive ketones (excluding diaryl/α,β-unsaturated/α-hetero) is 2. The lowest BCUT2D eigenvalue weighted by atomic mass is 9.86. The first kappa shape index (κ1) is 16.7. The van der Waals surface area contributed by atoms with Crippen LogP contribution >= 0.6 is 0 Å². The first-order valence-corrected chi connectivity index (χ1v) is 8.20. The number of aromatic nitrogens is 1. The van der Waals surface area contributed by atoms with Crippen LogP contribution in [0, 0.1) is 0 Å². The Hall–Kier alpha value is -3.80. The molecule has 0 bridgehead atoms. The Morgan fingerprint density at radius 2 is 1.37 bits per heavy atom. The van der Waals surface area contributed by atoms with Gasteiger partial charge in [0.2, 0.25) is 11.6 Å². The summed E-state index contributed by atoms with van der Waals surface area (Å²) in [6, 6.07) is 12.7. The molecular formula is C21H15NO5. The molecule has 3 N–H and O–H groups in total. The van der Waals surface area contributed by atoms with Gasteiger partial charge in [-0.15, -0.1) is 0 Å². The molecule has 0 saturated heterocycles. The Kier molecular flexibility index (Phi) is 3.63. The molecule has 0 atom stereocenters. The van der Waals surface area contributed by atoms with Crippen LogP contribution in [0.15, 0.2) is 66.2 Å². The van der Waals surface area contributed by atoms with E-state index in [0.717, 1.165) is 5.52 Å². The van der Waals surface area contributed by atoms with Gasteiger partial charge in [0.05, 0.1) is 11.1 Å². The van der Waals surface area contributed by atoms with Crippen LogP contribution < -0.4 is 0 Å². The van der Waals surface area contributed by atoms with E-state index in [9.17, 15) is 24.9 Å². The zero-order valence-electron chi connectivity index (χ0n) is 14.3. The highest BCUT2D eigenvalue weighted by molar-refractivity contribution is 6.47. The predicted molar refractivity (Wildman–Crippen MR) is 100 cm³/mol. The number of benzene rings is 2. The molecule has 0 radical (unpaired) electrons. The number of phenols is 1. The van der Waals surface area contributed by atoms with E-state index < -0.39 is 23.1 Å². The number of rotatable bonds is 2. The third kappa shape index (κ3) is 2.42. The number of nitrogens with zero attached hydrogens (tertiary/aromatic N) is 1. The highest BCUT2D eigenvalue weighted by Gasteiger charge is 2.37. The summed E-state index contributed by atoms with van der Waals surface area (Å²) in [7, 11) is 1.79. The Bertz CT molecular complexity index is 1180. The molecule has 6 heteroatoms. The molecule has 1 aliphatic rings. The number of para-hydroxylation sites is 1. The van der Waals surface area contributed by atoms with Gasteiger partial charge in [-0.05, 0) is 23.8 Å². The quantitative estimate of drug-likeness (QED) is 0.608. The standard InChI is InChI=1S/C21H15NO5/c1-22-10-14(13-4-2-3-5-15(13)22)17-20(26)18(24)16(19(25)21(17)27)11-6-8-12(23)9-7-11/h2-10,23-24,27H,1H3. The van der Waals surface area contributed by atoms with E-state index in [4.69, 9.17) is 0 Å². The molecule has 0 fully saturated rings. The molecule has 27 heavy (non-hydrogen) atoms. The third-order valence-electron chi connectivity index (χ3n) is 4.68. The number of hydrogen-bond acceptors (Lipinski definition) is 5. The highest BCUT2D eigenvalue weighted by Crippen LogP contribution is 2.37. The van der Waals surface area contributed by atoms with Crippen molar-refractivity contribution < 1.29 is 24.9 Å². The zero-order chi connectivity index (χ0) is 19.3. The smallest absolute Gasteiger partial charge is 0.232 e. The lowest BCUT2D eigenvalue weighted by Gasteiger charge is -2.18. The van der Waals surface area contributed by atoms with Crippen molar-refractivity contribution in [3.63, 3.8) is 0 Å². The van der Waals surface area contributed by atoms with E-state index in [1.807, 2.05) is 12.1 Å². The molecule has 4 rings (SSSR count). The van der Waals surface area contributed by atoms with E-state index >= 15 is 0 Å². The van der Waals surface area contributed by atoms with Gasteiger partial charge in [0.15, 0.2) is 11.5 Å². The summed E-state index contributed by atoms with van der Waals surface area (Å²) >= 11 is 0. The van der Waals surface area contributed by atoms with E-state index in [0.29, 0.717) is 10.9 Å². The van der Waals surface area contributed by atoms with Crippen molar-refractivity contribution in [2.24, 2.45) is 7.05 Å². The minimum Gasteiger partial charge on any atom is -0.508 e. The summed E-state index contributed by atoms with van der Waals surface area (Å²) in [5, 5.41) is 31.1. The van der Waals surface area contributed by atoms with Gasteiger partial charge in [-0.3, -0.25) is 9.59 Å². The maximum Gasteiger partial charge on any atom is 0.232 e. The van der Waals surface area contributed by atoms with Crippen molar-refractivity contribution in [2.45, 2.75) is 0 Å². The summed E-state index contributed by atoms with van der Waals surface area (Å²) < 4.78 is 1.78. The fraction of sp³-hybridized carbons (Fsp3) is 0.0476. The molecule has 0 amide bonds. The van der Waals surface area contributed by atoms with Crippen molar-refractivity contribution in [1.82, 2.24) is 4.57 Å². The maximum atomic E-state index is 12.8. The number of aliphatic hydroxyl groups is 2. The predicted octanol–water partition coefficient (Wildman–Crippen LogP) is 3.27. The van der Waals surface area contributed by atoms with Crippen molar-refractivity contribution in [1.29, 1.82) is 0 Å². The molecule has 1 aliphatic carbocycles. The van der Waals surface area contributed by atoms with Crippen LogP contribution in [0.5, 0.6) is 5.75 Å². The molecule has 2 aromatic carbocycles. The molecule has 0 spiro atoms. The van der Waals surface area contributed by atoms with Gasteiger partial charge in [0, 0.05) is 29.7 Å². The van der Waals surface area contributed by atoms with Gasteiger partial charge < -0.3 is 19.9 Å². The summed E-state index contributed by atoms with van der Waals surface area (Å²) in [4.78, 5) is 25.6. The van der Waals surface area contributed by atoms with Crippen molar-refractivity contribution in [3.8, 4) is 5.75 Å². The maximum absolute atomic E-state index is 12.8. The fourth-order valence-corrected chi connectivity index (χ4v) is 3.37. The highest BCUT2D eigenvalue weighted by atomic mass is 16.3. The largest absolute Gasteiger partial charge is 0.508 e. The number of carbonyl (C=O) groups is 2. The molecule has 1 aromatic heterocycles. The van der Waals surface area contributed by atoms with E-state index in [2.05, 4.69) is 0 Å². The van der Waals surface area contributed by atoms with Crippen LogP contribution in [-0.2, 0) is 16.6 Å². The summed E-state index contributed by atoms with van der Waals surface area (Å²) in [5.41, 5.74) is 0.909. The Morgan fingerprint density at radius 1 is 0.778 bits per heavy atom. The number of ketones is 2. The summed E-state index contributed by atoms with van der Waals surface area (Å²) in [6.07, 6.45) is 1.64. The first-order valence-electron chi connectivity index (χ1n) is 8.20. The summed E-state index contributed by atoms with van der Waals surface area (Å²) in [6.45, 7) is 0. The number of aliphatic hydroxyl groups excluding tert-OH is 2. The monoisotopic (exact) mass is 361 g/mol. The van der Waals surface area contributed by atoms with Gasteiger partial charge in [0.1, 0.15) is 5.75 Å². The van der Waals surface area contributed by atoms with Gasteiger partial charge >= 0.3 is 0 Å². The van der Waals surface area contributed by atoms with E-state index in [-0.39, 0.29) is 22.5 Å². The third-order valence-corrected chi connectivity index (χ3v) is 4.68. The van der Waals surface area contributed by atoms with Gasteiger partial charge in [-0.1, -0.05) is 30.3 Å². The van der Waals surface area contributed by atoms with E-state index in [1.165, 1.54) is 24.3 Å². The van der Waals surface area contributed by atoms with Crippen LogP contribution in [0.25, 0.3) is 22.0 Å². The second-order valence-corrected chi connectivity index (χ2v) is 6.32. The van der Waals surface area contributed by atoms with Crippen LogP contribution in [0.3, 0.4) is 0 Å². The van der Waals surface area contributed by atoms with Gasteiger partial charge in [-0.2, -0.15) is 0 Å². The first-order chi connectivity index (χ1) is 12.9. The minimum atomic E-state index is -0.847. The molecular weight excluding hydrogens is 346 g/mol. The fourth-order valence-electron chi connectivity index (χ4n) is 3.37. The van der Waals surface area contributed by atoms with Gasteiger partial charge in [0.25, 0.3) is 0 Å². The topological polar surface area (TPSA) is 99.8 Å². The minimum absolute atomic E-state index is 0.0235. The SMILES string of the molecule is Cn1cc(C2=C(O)C(=O)C(c3ccc(O)cc3)=C(O)C2=O)c2ccccc21. The molecule has 6 nitrogen and oxygen atoms in total. The summed E-state index contributed by atoms with van der Waals surface area (Å²) in [5.74, 6) is -3.14. The number of allylic oxidation sites excluding steroid dienone is 2. The van der Waals surface area contributed by atoms with E-state index in [1.54, 1.807) is 29.9 Å². The molecule has 134 valence electrons. The van der Waals surface area contributed by atoms with Crippen LogP contribution in [0.2, 0.25) is 0 Å². The normalized spacial score (nSPS) is 15.1. The van der Waals surface area contributed by atoms with Crippen molar-refractivity contribution in [3.05, 3.63) is 77.4 Å².